The SMILES string of the molecule is ClC(Cc1nc2ccccc2o1)c1cc(Br)ccc1Br. The Morgan fingerprint density at radius 3 is 2.75 bits per heavy atom. The number of halogens is 3. The highest BCUT2D eigenvalue weighted by Gasteiger charge is 2.16. The lowest BCUT2D eigenvalue weighted by Gasteiger charge is -2.10. The van der Waals surface area contributed by atoms with Gasteiger partial charge in [-0.25, -0.2) is 4.98 Å². The molecule has 1 unspecified atom stereocenters. The Morgan fingerprint density at radius 1 is 1.15 bits per heavy atom. The number of oxazole rings is 1. The standard InChI is InChI=1S/C15H10Br2ClNO/c16-9-5-6-11(17)10(7-9)12(18)8-15-19-13-3-1-2-4-14(13)20-15/h1-7,12H,8H2. The minimum atomic E-state index is -0.199. The molecule has 1 heterocycles. The molecule has 5 heteroatoms. The van der Waals surface area contributed by atoms with Gasteiger partial charge in [-0.05, 0) is 35.9 Å². The van der Waals surface area contributed by atoms with Crippen LogP contribution in [0.4, 0.5) is 0 Å². The van der Waals surface area contributed by atoms with Gasteiger partial charge in [-0.2, -0.15) is 0 Å². The molecule has 0 saturated carbocycles. The molecule has 3 aromatic rings. The van der Waals surface area contributed by atoms with E-state index in [-0.39, 0.29) is 5.38 Å². The van der Waals surface area contributed by atoms with Crippen LogP contribution in [0.3, 0.4) is 0 Å². The summed E-state index contributed by atoms with van der Waals surface area (Å²) in [7, 11) is 0. The Bertz CT molecular complexity index is 723. The van der Waals surface area contributed by atoms with Crippen LogP contribution in [0.1, 0.15) is 16.8 Å². The first-order valence-corrected chi connectivity index (χ1v) is 8.09. The van der Waals surface area contributed by atoms with Crippen molar-refractivity contribution in [3.8, 4) is 0 Å². The zero-order valence-electron chi connectivity index (χ0n) is 10.3. The maximum Gasteiger partial charge on any atom is 0.197 e. The first kappa shape index (κ1) is 14.1. The van der Waals surface area contributed by atoms with Crippen LogP contribution in [0.15, 0.2) is 55.8 Å². The fraction of sp³-hybridized carbons (Fsp3) is 0.133. The van der Waals surface area contributed by atoms with Crippen molar-refractivity contribution in [1.29, 1.82) is 0 Å². The summed E-state index contributed by atoms with van der Waals surface area (Å²) in [6, 6.07) is 13.7. The van der Waals surface area contributed by atoms with Gasteiger partial charge < -0.3 is 4.42 Å². The molecule has 0 N–H and O–H groups in total. The summed E-state index contributed by atoms with van der Waals surface area (Å²) in [5, 5.41) is -0.199. The van der Waals surface area contributed by atoms with Gasteiger partial charge in [-0.1, -0.05) is 44.0 Å². The van der Waals surface area contributed by atoms with Gasteiger partial charge in [-0.15, -0.1) is 11.6 Å². The van der Waals surface area contributed by atoms with Crippen LogP contribution >= 0.6 is 43.5 Å². The van der Waals surface area contributed by atoms with E-state index in [1.807, 2.05) is 42.5 Å². The molecule has 1 atom stereocenters. The molecule has 0 amide bonds. The fourth-order valence-corrected chi connectivity index (χ4v) is 3.37. The van der Waals surface area contributed by atoms with Gasteiger partial charge >= 0.3 is 0 Å². The Morgan fingerprint density at radius 2 is 1.95 bits per heavy atom. The van der Waals surface area contributed by atoms with Gasteiger partial charge in [0, 0.05) is 15.4 Å². The highest BCUT2D eigenvalue weighted by atomic mass is 79.9. The van der Waals surface area contributed by atoms with Gasteiger partial charge in [0.15, 0.2) is 11.5 Å². The summed E-state index contributed by atoms with van der Waals surface area (Å²) in [4.78, 5) is 4.45. The summed E-state index contributed by atoms with van der Waals surface area (Å²) in [5.74, 6) is 0.651. The number of aromatic nitrogens is 1. The molecule has 0 fully saturated rings. The summed E-state index contributed by atoms with van der Waals surface area (Å²) in [5.41, 5.74) is 2.67. The molecule has 0 aliphatic heterocycles. The lowest BCUT2D eigenvalue weighted by molar-refractivity contribution is 0.525. The maximum absolute atomic E-state index is 6.49. The molecule has 0 aliphatic carbocycles. The molecule has 20 heavy (non-hydrogen) atoms. The van der Waals surface area contributed by atoms with Crippen molar-refractivity contribution in [2.45, 2.75) is 11.8 Å². The average molecular weight is 416 g/mol. The second-order valence-electron chi connectivity index (χ2n) is 4.41. The molecule has 2 aromatic carbocycles. The van der Waals surface area contributed by atoms with E-state index in [1.54, 1.807) is 0 Å². The van der Waals surface area contributed by atoms with Crippen molar-refractivity contribution in [2.24, 2.45) is 0 Å². The third-order valence-electron chi connectivity index (χ3n) is 2.99. The van der Waals surface area contributed by atoms with Crippen molar-refractivity contribution in [1.82, 2.24) is 4.98 Å². The van der Waals surface area contributed by atoms with Gasteiger partial charge in [0.1, 0.15) is 5.52 Å². The molecular formula is C15H10Br2ClNO. The number of rotatable bonds is 3. The van der Waals surface area contributed by atoms with E-state index in [9.17, 15) is 0 Å². The number of fused-ring (bicyclic) bond motifs is 1. The van der Waals surface area contributed by atoms with Crippen molar-refractivity contribution in [3.05, 3.63) is 62.9 Å². The predicted octanol–water partition coefficient (Wildman–Crippen LogP) is 5.88. The maximum atomic E-state index is 6.49. The van der Waals surface area contributed by atoms with Crippen LogP contribution < -0.4 is 0 Å². The minimum absolute atomic E-state index is 0.199. The zero-order chi connectivity index (χ0) is 14.1. The monoisotopic (exact) mass is 413 g/mol. The molecule has 1 aromatic heterocycles. The molecular weight excluding hydrogens is 405 g/mol. The Hall–Kier alpha value is -0.840. The summed E-state index contributed by atoms with van der Waals surface area (Å²) in [6.07, 6.45) is 0.547. The van der Waals surface area contributed by atoms with Crippen LogP contribution in [0.2, 0.25) is 0 Å². The van der Waals surface area contributed by atoms with E-state index in [2.05, 4.69) is 36.8 Å². The third kappa shape index (κ3) is 2.92. The predicted molar refractivity (Wildman–Crippen MR) is 88.1 cm³/mol. The number of nitrogens with zero attached hydrogens (tertiary/aromatic N) is 1. The molecule has 3 rings (SSSR count). The van der Waals surface area contributed by atoms with Gasteiger partial charge in [0.05, 0.1) is 5.38 Å². The Balaban J connectivity index is 1.88. The molecule has 0 bridgehead atoms. The lowest BCUT2D eigenvalue weighted by Crippen LogP contribution is -1.97. The zero-order valence-corrected chi connectivity index (χ0v) is 14.2. The smallest absolute Gasteiger partial charge is 0.197 e. The van der Waals surface area contributed by atoms with E-state index < -0.39 is 0 Å². The van der Waals surface area contributed by atoms with Gasteiger partial charge in [0.2, 0.25) is 0 Å². The quantitative estimate of drug-likeness (QED) is 0.500. The van der Waals surface area contributed by atoms with E-state index in [1.165, 1.54) is 0 Å². The third-order valence-corrected chi connectivity index (χ3v) is 4.59. The Labute approximate surface area is 138 Å². The van der Waals surface area contributed by atoms with Gasteiger partial charge in [0.25, 0.3) is 0 Å². The first-order chi connectivity index (χ1) is 9.63. The second-order valence-corrected chi connectivity index (χ2v) is 6.71. The fourth-order valence-electron chi connectivity index (χ4n) is 2.03. The number of hydrogen-bond acceptors (Lipinski definition) is 2. The minimum Gasteiger partial charge on any atom is -0.441 e. The molecule has 0 saturated heterocycles. The second kappa shape index (κ2) is 5.88. The first-order valence-electron chi connectivity index (χ1n) is 6.07. The van der Waals surface area contributed by atoms with Crippen LogP contribution in [-0.4, -0.2) is 4.98 Å². The summed E-state index contributed by atoms with van der Waals surface area (Å²) < 4.78 is 7.69. The van der Waals surface area contributed by atoms with Crippen LogP contribution in [-0.2, 0) is 6.42 Å². The van der Waals surface area contributed by atoms with Crippen molar-refractivity contribution in [2.75, 3.05) is 0 Å². The Kier molecular flexibility index (Phi) is 4.15. The normalized spacial score (nSPS) is 12.8. The molecule has 102 valence electrons. The molecule has 0 radical (unpaired) electrons. The van der Waals surface area contributed by atoms with Crippen LogP contribution in [0, 0.1) is 0 Å². The van der Waals surface area contributed by atoms with Crippen LogP contribution in [0.25, 0.3) is 11.1 Å². The largest absolute Gasteiger partial charge is 0.441 e. The van der Waals surface area contributed by atoms with Crippen molar-refractivity contribution in [3.63, 3.8) is 0 Å². The van der Waals surface area contributed by atoms with Gasteiger partial charge in [-0.3, -0.25) is 0 Å². The van der Waals surface area contributed by atoms with Crippen molar-refractivity contribution >= 4 is 54.6 Å². The number of alkyl halides is 1. The average Bonchev–Trinajstić information content (AvgIpc) is 2.83. The van der Waals surface area contributed by atoms with Crippen molar-refractivity contribution < 1.29 is 4.42 Å². The van der Waals surface area contributed by atoms with E-state index in [4.69, 9.17) is 16.0 Å². The summed E-state index contributed by atoms with van der Waals surface area (Å²) >= 11 is 13.5. The highest BCUT2D eigenvalue weighted by molar-refractivity contribution is 9.11. The van der Waals surface area contributed by atoms with E-state index in [0.717, 1.165) is 25.6 Å². The molecule has 0 spiro atoms. The van der Waals surface area contributed by atoms with E-state index in [0.29, 0.717) is 12.3 Å². The number of benzene rings is 2. The molecule has 2 nitrogen and oxygen atoms in total. The number of hydrogen-bond donors (Lipinski definition) is 0. The number of para-hydroxylation sites is 2. The molecule has 0 aliphatic rings. The lowest BCUT2D eigenvalue weighted by atomic mass is 10.1. The van der Waals surface area contributed by atoms with E-state index >= 15 is 0 Å². The van der Waals surface area contributed by atoms with Crippen LogP contribution in [0.5, 0.6) is 0 Å². The summed E-state index contributed by atoms with van der Waals surface area (Å²) in [6.45, 7) is 0. The highest BCUT2D eigenvalue weighted by Crippen LogP contribution is 2.33. The topological polar surface area (TPSA) is 26.0 Å².